The van der Waals surface area contributed by atoms with Crippen LogP contribution in [0.4, 0.5) is 0 Å². The highest BCUT2D eigenvalue weighted by atomic mass is 16.2. The van der Waals surface area contributed by atoms with E-state index in [1.54, 1.807) is 4.90 Å². The average molecular weight is 286 g/mol. The van der Waals surface area contributed by atoms with Crippen molar-refractivity contribution in [1.29, 1.82) is 0 Å². The Bertz CT molecular complexity index is 578. The van der Waals surface area contributed by atoms with Crippen LogP contribution in [0.1, 0.15) is 39.3 Å². The molecule has 1 N–H and O–H groups in total. The smallest absolute Gasteiger partial charge is 0.250 e. The summed E-state index contributed by atoms with van der Waals surface area (Å²) >= 11 is 0. The number of amides is 2. The van der Waals surface area contributed by atoms with Gasteiger partial charge in [0.1, 0.15) is 6.04 Å². The third-order valence-electron chi connectivity index (χ3n) is 5.54. The molecule has 0 radical (unpaired) electrons. The lowest BCUT2D eigenvalue weighted by Gasteiger charge is -2.34. The van der Waals surface area contributed by atoms with Crippen molar-refractivity contribution >= 4 is 11.8 Å². The topological polar surface area (TPSA) is 49.4 Å². The van der Waals surface area contributed by atoms with Crippen LogP contribution < -0.4 is 5.32 Å². The van der Waals surface area contributed by atoms with Crippen LogP contribution in [0.5, 0.6) is 0 Å². The van der Waals surface area contributed by atoms with Crippen LogP contribution in [0.25, 0.3) is 0 Å². The van der Waals surface area contributed by atoms with E-state index in [9.17, 15) is 9.59 Å². The Kier molecular flexibility index (Phi) is 2.91. The van der Waals surface area contributed by atoms with Crippen molar-refractivity contribution < 1.29 is 9.59 Å². The molecule has 1 aliphatic heterocycles. The van der Waals surface area contributed by atoms with E-state index in [0.29, 0.717) is 0 Å². The Hall–Kier alpha value is -1.84. The van der Waals surface area contributed by atoms with Gasteiger partial charge in [-0.1, -0.05) is 58.0 Å². The molecule has 1 unspecified atom stereocenters. The zero-order valence-corrected chi connectivity index (χ0v) is 13.0. The number of carbonyl (C=O) groups excluding carboxylic acids is 2. The number of nitrogens with one attached hydrogen (secondary N) is 1. The second kappa shape index (κ2) is 4.33. The first-order chi connectivity index (χ1) is 9.76. The quantitative estimate of drug-likeness (QED) is 0.905. The number of rotatable bonds is 2. The van der Waals surface area contributed by atoms with Gasteiger partial charge in [0.05, 0.1) is 6.54 Å². The van der Waals surface area contributed by atoms with E-state index in [2.05, 4.69) is 33.0 Å². The molecule has 2 amide bonds. The molecule has 0 bridgehead atoms. The number of hydrogen-bond donors (Lipinski definition) is 1. The summed E-state index contributed by atoms with van der Waals surface area (Å²) in [4.78, 5) is 26.7. The number of hydrogen-bond acceptors (Lipinski definition) is 2. The van der Waals surface area contributed by atoms with E-state index in [4.69, 9.17) is 0 Å². The molecule has 1 aromatic carbocycles. The molecular formula is C17H22N2O2. The lowest BCUT2D eigenvalue weighted by atomic mass is 10.0. The molecule has 1 aromatic rings. The SMILES string of the molecule is CC1(C)C(N2CC(=O)NC(c3ccccc3)C2=O)C1(C)C. The Morgan fingerprint density at radius 2 is 1.62 bits per heavy atom. The van der Waals surface area contributed by atoms with Crippen molar-refractivity contribution in [3.63, 3.8) is 0 Å². The molecule has 0 aromatic heterocycles. The van der Waals surface area contributed by atoms with Crippen LogP contribution in [-0.4, -0.2) is 29.3 Å². The van der Waals surface area contributed by atoms with E-state index in [1.807, 2.05) is 30.3 Å². The minimum atomic E-state index is -0.556. The largest absolute Gasteiger partial charge is 0.339 e. The van der Waals surface area contributed by atoms with Crippen molar-refractivity contribution in [2.75, 3.05) is 6.54 Å². The monoisotopic (exact) mass is 286 g/mol. The zero-order chi connectivity index (χ0) is 15.4. The standard InChI is InChI=1S/C17H22N2O2/c1-16(2)15(17(16,3)4)19-10-12(20)18-13(14(19)21)11-8-6-5-7-9-11/h5-9,13,15H,10H2,1-4H3,(H,18,20). The molecule has 4 nitrogen and oxygen atoms in total. The van der Waals surface area contributed by atoms with E-state index in [1.165, 1.54) is 0 Å². The van der Waals surface area contributed by atoms with Gasteiger partial charge in [-0.25, -0.2) is 0 Å². The van der Waals surface area contributed by atoms with Gasteiger partial charge in [0.25, 0.3) is 5.91 Å². The van der Waals surface area contributed by atoms with E-state index in [-0.39, 0.29) is 35.2 Å². The molecule has 1 aliphatic carbocycles. The normalized spacial score (nSPS) is 27.4. The van der Waals surface area contributed by atoms with Crippen molar-refractivity contribution in [2.45, 2.75) is 39.8 Å². The zero-order valence-electron chi connectivity index (χ0n) is 13.0. The number of nitrogens with zero attached hydrogens (tertiary/aromatic N) is 1. The summed E-state index contributed by atoms with van der Waals surface area (Å²) in [5, 5.41) is 2.82. The summed E-state index contributed by atoms with van der Waals surface area (Å²) in [6.07, 6.45) is 0. The highest BCUT2D eigenvalue weighted by Gasteiger charge is 2.68. The minimum absolute atomic E-state index is 0.00412. The average Bonchev–Trinajstić information content (AvgIpc) is 2.83. The Morgan fingerprint density at radius 1 is 1.05 bits per heavy atom. The third-order valence-corrected chi connectivity index (χ3v) is 5.54. The van der Waals surface area contributed by atoms with Crippen LogP contribution in [0.15, 0.2) is 30.3 Å². The second-order valence-electron chi connectivity index (χ2n) is 7.22. The maximum Gasteiger partial charge on any atom is 0.250 e. The maximum absolute atomic E-state index is 12.8. The molecule has 4 heteroatoms. The lowest BCUT2D eigenvalue weighted by molar-refractivity contribution is -0.145. The fourth-order valence-electron chi connectivity index (χ4n) is 3.70. The van der Waals surface area contributed by atoms with Crippen LogP contribution in [0, 0.1) is 10.8 Å². The van der Waals surface area contributed by atoms with Crippen LogP contribution in [0.3, 0.4) is 0 Å². The Balaban J connectivity index is 1.91. The van der Waals surface area contributed by atoms with Crippen molar-refractivity contribution in [3.05, 3.63) is 35.9 Å². The van der Waals surface area contributed by atoms with Gasteiger partial charge in [-0.15, -0.1) is 0 Å². The van der Waals surface area contributed by atoms with Crippen LogP contribution in [0.2, 0.25) is 0 Å². The Morgan fingerprint density at radius 3 is 2.14 bits per heavy atom. The molecule has 1 heterocycles. The van der Waals surface area contributed by atoms with Gasteiger partial charge in [0.2, 0.25) is 5.91 Å². The molecule has 1 atom stereocenters. The fraction of sp³-hybridized carbons (Fsp3) is 0.529. The summed E-state index contributed by atoms with van der Waals surface area (Å²) in [5.74, 6) is -0.0774. The van der Waals surface area contributed by atoms with Crippen molar-refractivity contribution in [1.82, 2.24) is 10.2 Å². The third kappa shape index (κ3) is 1.96. The van der Waals surface area contributed by atoms with Gasteiger partial charge in [-0.05, 0) is 16.4 Å². The predicted octanol–water partition coefficient (Wildman–Crippen LogP) is 2.12. The molecule has 112 valence electrons. The highest BCUT2D eigenvalue weighted by molar-refractivity contribution is 5.96. The van der Waals surface area contributed by atoms with Crippen molar-refractivity contribution in [2.24, 2.45) is 10.8 Å². The number of piperazine rings is 1. The van der Waals surface area contributed by atoms with Gasteiger partial charge in [0, 0.05) is 6.04 Å². The summed E-state index contributed by atoms with van der Waals surface area (Å²) < 4.78 is 0. The summed E-state index contributed by atoms with van der Waals surface area (Å²) in [5.41, 5.74) is 0.931. The first-order valence-corrected chi connectivity index (χ1v) is 7.41. The fourth-order valence-corrected chi connectivity index (χ4v) is 3.70. The number of benzene rings is 1. The van der Waals surface area contributed by atoms with Gasteiger partial charge in [-0.2, -0.15) is 0 Å². The van der Waals surface area contributed by atoms with Gasteiger partial charge >= 0.3 is 0 Å². The molecule has 2 fully saturated rings. The van der Waals surface area contributed by atoms with Gasteiger partial charge in [0.15, 0.2) is 0 Å². The molecule has 0 spiro atoms. The Labute approximate surface area is 125 Å². The molecule has 1 saturated heterocycles. The van der Waals surface area contributed by atoms with Crippen molar-refractivity contribution in [3.8, 4) is 0 Å². The van der Waals surface area contributed by atoms with E-state index in [0.717, 1.165) is 5.56 Å². The molecule has 1 saturated carbocycles. The van der Waals surface area contributed by atoms with Gasteiger partial charge < -0.3 is 10.2 Å². The molecule has 3 rings (SSSR count). The van der Waals surface area contributed by atoms with Crippen LogP contribution >= 0.6 is 0 Å². The summed E-state index contributed by atoms with van der Waals surface area (Å²) in [6.45, 7) is 8.81. The van der Waals surface area contributed by atoms with E-state index >= 15 is 0 Å². The van der Waals surface area contributed by atoms with Gasteiger partial charge in [-0.3, -0.25) is 9.59 Å². The lowest BCUT2D eigenvalue weighted by Crippen LogP contribution is -2.55. The highest BCUT2D eigenvalue weighted by Crippen LogP contribution is 2.65. The summed E-state index contributed by atoms with van der Waals surface area (Å²) in [7, 11) is 0. The molecular weight excluding hydrogens is 264 g/mol. The first kappa shape index (κ1) is 14.1. The minimum Gasteiger partial charge on any atom is -0.339 e. The number of carbonyl (C=O) groups is 2. The van der Waals surface area contributed by atoms with E-state index < -0.39 is 6.04 Å². The maximum atomic E-state index is 12.8. The second-order valence-corrected chi connectivity index (χ2v) is 7.22. The predicted molar refractivity (Wildman–Crippen MR) is 80.4 cm³/mol. The first-order valence-electron chi connectivity index (χ1n) is 7.41. The van der Waals surface area contributed by atoms with Crippen LogP contribution in [-0.2, 0) is 9.59 Å². The molecule has 2 aliphatic rings. The summed E-state index contributed by atoms with van der Waals surface area (Å²) in [6, 6.07) is 9.01. The molecule has 21 heavy (non-hydrogen) atoms.